The van der Waals surface area contributed by atoms with Crippen LogP contribution >= 0.6 is 0 Å². The van der Waals surface area contributed by atoms with Gasteiger partial charge in [0.15, 0.2) is 0 Å². The number of aryl methyl sites for hydroxylation is 3. The van der Waals surface area contributed by atoms with Crippen molar-refractivity contribution in [2.24, 2.45) is 0 Å². The fourth-order valence-corrected chi connectivity index (χ4v) is 2.08. The second-order valence-corrected chi connectivity index (χ2v) is 5.43. The third-order valence-corrected chi connectivity index (χ3v) is 3.27. The molecule has 0 spiro atoms. The van der Waals surface area contributed by atoms with Gasteiger partial charge in [0, 0.05) is 6.42 Å². The van der Waals surface area contributed by atoms with Crippen molar-refractivity contribution in [2.45, 2.75) is 46.3 Å². The minimum Gasteiger partial charge on any atom is -0.491 e. The van der Waals surface area contributed by atoms with Crippen LogP contribution in [0.4, 0.5) is 0 Å². The number of benzene rings is 1. The van der Waals surface area contributed by atoms with Gasteiger partial charge in [0.2, 0.25) is 5.89 Å². The third kappa shape index (κ3) is 4.21. The van der Waals surface area contributed by atoms with Crippen LogP contribution in [0, 0.1) is 13.8 Å². The fourth-order valence-electron chi connectivity index (χ4n) is 2.08. The summed E-state index contributed by atoms with van der Waals surface area (Å²) in [5.41, 5.74) is 2.09. The summed E-state index contributed by atoms with van der Waals surface area (Å²) in [7, 11) is 0. The summed E-state index contributed by atoms with van der Waals surface area (Å²) in [6.45, 7) is 6.04. The number of rotatable bonds is 7. The van der Waals surface area contributed by atoms with Gasteiger partial charge in [-0.25, -0.2) is 4.79 Å². The number of hydrogen-bond acceptors (Lipinski definition) is 5. The molecule has 6 heteroatoms. The lowest BCUT2D eigenvalue weighted by Gasteiger charge is -2.13. The average molecular weight is 306 g/mol. The van der Waals surface area contributed by atoms with Crippen LogP contribution in [-0.4, -0.2) is 27.6 Å². The lowest BCUT2D eigenvalue weighted by molar-refractivity contribution is 0.0872. The number of aromatic nitrogens is 2. The van der Waals surface area contributed by atoms with E-state index >= 15 is 0 Å². The molecule has 22 heavy (non-hydrogen) atoms. The molecular formula is C16H22N2O4. The zero-order chi connectivity index (χ0) is 16.1. The maximum Gasteiger partial charge on any atom is 0.437 e. The van der Waals surface area contributed by atoms with E-state index in [2.05, 4.69) is 5.10 Å². The maximum absolute atomic E-state index is 11.6. The number of ether oxygens (including phenoxy) is 1. The van der Waals surface area contributed by atoms with Crippen molar-refractivity contribution in [3.8, 4) is 5.75 Å². The predicted octanol–water partition coefficient (Wildman–Crippen LogP) is 1.85. The molecule has 0 saturated heterocycles. The quantitative estimate of drug-likeness (QED) is 0.844. The van der Waals surface area contributed by atoms with Gasteiger partial charge in [-0.2, -0.15) is 4.68 Å². The predicted molar refractivity (Wildman–Crippen MR) is 82.2 cm³/mol. The summed E-state index contributed by atoms with van der Waals surface area (Å²) in [5.74, 6) is 0.586. The molecule has 0 amide bonds. The molecular weight excluding hydrogens is 284 g/mol. The highest BCUT2D eigenvalue weighted by atomic mass is 16.5. The molecule has 0 aliphatic carbocycles. The normalized spacial score (nSPS) is 12.4. The van der Waals surface area contributed by atoms with Crippen LogP contribution in [-0.2, 0) is 13.0 Å². The first-order valence-electron chi connectivity index (χ1n) is 7.44. The van der Waals surface area contributed by atoms with E-state index in [0.29, 0.717) is 12.3 Å². The van der Waals surface area contributed by atoms with E-state index in [4.69, 9.17) is 9.15 Å². The molecule has 1 heterocycles. The number of hydrogen-bond donors (Lipinski definition) is 1. The SMILES string of the molecule is CCCc1nn(CC(O)COc2cc(C)ccc2C)c(=O)o1. The molecule has 0 aliphatic heterocycles. The van der Waals surface area contributed by atoms with Crippen molar-refractivity contribution in [3.05, 3.63) is 45.8 Å². The van der Waals surface area contributed by atoms with E-state index in [0.717, 1.165) is 28.0 Å². The Hall–Kier alpha value is -2.08. The van der Waals surface area contributed by atoms with E-state index in [9.17, 15) is 9.90 Å². The third-order valence-electron chi connectivity index (χ3n) is 3.27. The molecule has 1 aromatic carbocycles. The van der Waals surface area contributed by atoms with Crippen molar-refractivity contribution < 1.29 is 14.3 Å². The molecule has 1 atom stereocenters. The lowest BCUT2D eigenvalue weighted by Crippen LogP contribution is -2.29. The highest BCUT2D eigenvalue weighted by Crippen LogP contribution is 2.19. The monoisotopic (exact) mass is 306 g/mol. The van der Waals surface area contributed by atoms with Crippen LogP contribution < -0.4 is 10.5 Å². The molecule has 1 N–H and O–H groups in total. The smallest absolute Gasteiger partial charge is 0.437 e. The Bertz CT molecular complexity index is 675. The van der Waals surface area contributed by atoms with Crippen molar-refractivity contribution in [2.75, 3.05) is 6.61 Å². The largest absolute Gasteiger partial charge is 0.491 e. The van der Waals surface area contributed by atoms with E-state index in [1.54, 1.807) is 0 Å². The Labute approximate surface area is 129 Å². The molecule has 2 rings (SSSR count). The molecule has 0 aliphatic rings. The highest BCUT2D eigenvalue weighted by Gasteiger charge is 2.13. The second kappa shape index (κ2) is 7.26. The lowest BCUT2D eigenvalue weighted by atomic mass is 10.1. The Morgan fingerprint density at radius 2 is 2.18 bits per heavy atom. The minimum absolute atomic E-state index is 0.0525. The molecule has 6 nitrogen and oxygen atoms in total. The molecule has 0 fully saturated rings. The number of aliphatic hydroxyl groups excluding tert-OH is 1. The van der Waals surface area contributed by atoms with Crippen LogP contribution in [0.3, 0.4) is 0 Å². The Morgan fingerprint density at radius 1 is 1.41 bits per heavy atom. The summed E-state index contributed by atoms with van der Waals surface area (Å²) in [5, 5.41) is 14.1. The van der Waals surface area contributed by atoms with Gasteiger partial charge in [-0.15, -0.1) is 5.10 Å². The first-order chi connectivity index (χ1) is 10.5. The zero-order valence-electron chi connectivity index (χ0n) is 13.2. The summed E-state index contributed by atoms with van der Waals surface area (Å²) in [4.78, 5) is 11.6. The zero-order valence-corrected chi connectivity index (χ0v) is 13.2. The average Bonchev–Trinajstić information content (AvgIpc) is 2.80. The summed E-state index contributed by atoms with van der Waals surface area (Å²) in [6, 6.07) is 5.89. The van der Waals surface area contributed by atoms with Gasteiger partial charge in [0.05, 0.1) is 6.54 Å². The highest BCUT2D eigenvalue weighted by molar-refractivity contribution is 5.35. The minimum atomic E-state index is -0.836. The second-order valence-electron chi connectivity index (χ2n) is 5.43. The standard InChI is InChI=1S/C16H22N2O4/c1-4-5-15-17-18(16(20)22-15)9-13(19)10-21-14-8-11(2)6-7-12(14)3/h6-8,13,19H,4-5,9-10H2,1-3H3. The molecule has 0 saturated carbocycles. The van der Waals surface area contributed by atoms with E-state index in [-0.39, 0.29) is 13.2 Å². The van der Waals surface area contributed by atoms with Crippen LogP contribution in [0.25, 0.3) is 0 Å². The van der Waals surface area contributed by atoms with Crippen LogP contribution in [0.15, 0.2) is 27.4 Å². The maximum atomic E-state index is 11.6. The Morgan fingerprint density at radius 3 is 2.91 bits per heavy atom. The first-order valence-corrected chi connectivity index (χ1v) is 7.44. The molecule has 1 unspecified atom stereocenters. The van der Waals surface area contributed by atoms with E-state index in [1.807, 2.05) is 39.0 Å². The van der Waals surface area contributed by atoms with Crippen molar-refractivity contribution in [3.63, 3.8) is 0 Å². The van der Waals surface area contributed by atoms with E-state index < -0.39 is 11.9 Å². The van der Waals surface area contributed by atoms with Crippen molar-refractivity contribution in [1.29, 1.82) is 0 Å². The van der Waals surface area contributed by atoms with Gasteiger partial charge in [-0.05, 0) is 37.5 Å². The molecule has 0 radical (unpaired) electrons. The molecule has 0 bridgehead atoms. The first kappa shape index (κ1) is 16.3. The van der Waals surface area contributed by atoms with Gasteiger partial charge in [-0.3, -0.25) is 0 Å². The summed E-state index contributed by atoms with van der Waals surface area (Å²) in [6.07, 6.45) is 0.618. The van der Waals surface area contributed by atoms with Gasteiger partial charge >= 0.3 is 5.76 Å². The fraction of sp³-hybridized carbons (Fsp3) is 0.500. The Kier molecular flexibility index (Phi) is 5.38. The van der Waals surface area contributed by atoms with Crippen molar-refractivity contribution >= 4 is 0 Å². The number of nitrogens with zero attached hydrogens (tertiary/aromatic N) is 2. The Balaban J connectivity index is 1.94. The summed E-state index contributed by atoms with van der Waals surface area (Å²) >= 11 is 0. The van der Waals surface area contributed by atoms with Gasteiger partial charge in [0.1, 0.15) is 18.5 Å². The van der Waals surface area contributed by atoms with Gasteiger partial charge in [-0.1, -0.05) is 19.1 Å². The number of aliphatic hydroxyl groups is 1. The van der Waals surface area contributed by atoms with Crippen LogP contribution in [0.1, 0.15) is 30.4 Å². The molecule has 2 aromatic rings. The topological polar surface area (TPSA) is 77.5 Å². The van der Waals surface area contributed by atoms with Gasteiger partial charge < -0.3 is 14.3 Å². The van der Waals surface area contributed by atoms with Gasteiger partial charge in [0.25, 0.3) is 0 Å². The molecule has 120 valence electrons. The van der Waals surface area contributed by atoms with Crippen LogP contribution in [0.2, 0.25) is 0 Å². The van der Waals surface area contributed by atoms with Crippen molar-refractivity contribution in [1.82, 2.24) is 9.78 Å². The summed E-state index contributed by atoms with van der Waals surface area (Å²) < 4.78 is 11.8. The van der Waals surface area contributed by atoms with Crippen LogP contribution in [0.5, 0.6) is 5.75 Å². The van der Waals surface area contributed by atoms with E-state index in [1.165, 1.54) is 0 Å². The molecule has 1 aromatic heterocycles.